The van der Waals surface area contributed by atoms with Gasteiger partial charge in [-0.05, 0) is 54.5 Å². The molecule has 3 nitrogen and oxygen atoms in total. The van der Waals surface area contributed by atoms with Gasteiger partial charge in [-0.1, -0.05) is 6.58 Å². The first-order valence-corrected chi connectivity index (χ1v) is 7.01. The Labute approximate surface area is 127 Å². The largest absolute Gasteiger partial charge is 0.378 e. The van der Waals surface area contributed by atoms with Crippen molar-refractivity contribution < 1.29 is 0 Å². The molecule has 2 rings (SSSR count). The standard InChI is InChI=1S/C18H23N3/c1-13-11-15(20(3)4)7-9-17(13)19-18-10-8-16(21(5)6)12-14(18)2/h7-12H,1H2,2-6H3/b19-17-. The van der Waals surface area contributed by atoms with Gasteiger partial charge in [-0.2, -0.15) is 0 Å². The van der Waals surface area contributed by atoms with Crippen LogP contribution in [0.4, 0.5) is 11.4 Å². The van der Waals surface area contributed by atoms with Crippen LogP contribution in [0.15, 0.2) is 59.3 Å². The van der Waals surface area contributed by atoms with Crippen LogP contribution in [0.3, 0.4) is 0 Å². The molecule has 0 aromatic heterocycles. The van der Waals surface area contributed by atoms with Crippen molar-refractivity contribution in [2.75, 3.05) is 33.1 Å². The number of aliphatic imine (C=N–C) groups is 1. The minimum Gasteiger partial charge on any atom is -0.378 e. The highest BCUT2D eigenvalue weighted by molar-refractivity contribution is 6.12. The number of hydrogen-bond acceptors (Lipinski definition) is 3. The predicted octanol–water partition coefficient (Wildman–Crippen LogP) is 3.71. The molecule has 0 heterocycles. The Bertz CT molecular complexity index is 646. The highest BCUT2D eigenvalue weighted by Gasteiger charge is 2.09. The van der Waals surface area contributed by atoms with Crippen molar-refractivity contribution >= 4 is 17.1 Å². The zero-order valence-electron chi connectivity index (χ0n) is 13.5. The minimum atomic E-state index is 0.918. The zero-order valence-corrected chi connectivity index (χ0v) is 13.5. The van der Waals surface area contributed by atoms with Crippen LogP contribution in [0.25, 0.3) is 0 Å². The van der Waals surface area contributed by atoms with Crippen molar-refractivity contribution in [3.63, 3.8) is 0 Å². The molecule has 0 aliphatic heterocycles. The van der Waals surface area contributed by atoms with Gasteiger partial charge in [-0.25, -0.2) is 4.99 Å². The monoisotopic (exact) mass is 281 g/mol. The molecule has 1 aromatic carbocycles. The summed E-state index contributed by atoms with van der Waals surface area (Å²) in [4.78, 5) is 8.90. The fourth-order valence-corrected chi connectivity index (χ4v) is 2.13. The van der Waals surface area contributed by atoms with Crippen molar-refractivity contribution in [3.05, 3.63) is 59.8 Å². The number of aryl methyl sites for hydroxylation is 1. The Hall–Kier alpha value is -2.29. The molecular formula is C18H23N3. The van der Waals surface area contributed by atoms with Gasteiger partial charge in [0, 0.05) is 39.6 Å². The Balaban J connectivity index is 2.30. The molecule has 1 aromatic rings. The van der Waals surface area contributed by atoms with Crippen molar-refractivity contribution in [1.29, 1.82) is 0 Å². The lowest BCUT2D eigenvalue weighted by Gasteiger charge is -2.18. The van der Waals surface area contributed by atoms with Crippen LogP contribution < -0.4 is 4.90 Å². The van der Waals surface area contributed by atoms with Gasteiger partial charge >= 0.3 is 0 Å². The van der Waals surface area contributed by atoms with Gasteiger partial charge in [-0.15, -0.1) is 0 Å². The summed E-state index contributed by atoms with van der Waals surface area (Å²) < 4.78 is 0. The number of nitrogens with zero attached hydrogens (tertiary/aromatic N) is 3. The smallest absolute Gasteiger partial charge is 0.0704 e. The lowest BCUT2D eigenvalue weighted by atomic mass is 10.0. The lowest BCUT2D eigenvalue weighted by molar-refractivity contribution is 0.529. The van der Waals surface area contributed by atoms with Crippen molar-refractivity contribution in [1.82, 2.24) is 4.90 Å². The maximum Gasteiger partial charge on any atom is 0.0704 e. The molecule has 110 valence electrons. The van der Waals surface area contributed by atoms with E-state index in [1.54, 1.807) is 0 Å². The van der Waals surface area contributed by atoms with Gasteiger partial charge < -0.3 is 9.80 Å². The summed E-state index contributed by atoms with van der Waals surface area (Å²) in [7, 11) is 8.13. The van der Waals surface area contributed by atoms with E-state index in [1.165, 1.54) is 5.69 Å². The third-order valence-corrected chi connectivity index (χ3v) is 3.52. The second-order valence-electron chi connectivity index (χ2n) is 5.68. The molecular weight excluding hydrogens is 258 g/mol. The Morgan fingerprint density at radius 3 is 2.24 bits per heavy atom. The zero-order chi connectivity index (χ0) is 15.6. The summed E-state index contributed by atoms with van der Waals surface area (Å²) in [5, 5.41) is 0. The van der Waals surface area contributed by atoms with E-state index in [4.69, 9.17) is 4.99 Å². The number of rotatable bonds is 3. The van der Waals surface area contributed by atoms with E-state index in [0.717, 1.165) is 28.2 Å². The third kappa shape index (κ3) is 3.43. The molecule has 0 atom stereocenters. The second-order valence-corrected chi connectivity index (χ2v) is 5.68. The molecule has 0 amide bonds. The van der Waals surface area contributed by atoms with Crippen LogP contribution in [0.1, 0.15) is 5.56 Å². The molecule has 0 saturated heterocycles. The maximum atomic E-state index is 4.74. The molecule has 0 bridgehead atoms. The fourth-order valence-electron chi connectivity index (χ4n) is 2.13. The molecule has 0 radical (unpaired) electrons. The van der Waals surface area contributed by atoms with Crippen molar-refractivity contribution in [2.24, 2.45) is 4.99 Å². The number of anilines is 1. The second kappa shape index (κ2) is 6.00. The average Bonchev–Trinajstić information content (AvgIpc) is 2.42. The number of benzene rings is 1. The van der Waals surface area contributed by atoms with Crippen molar-refractivity contribution in [2.45, 2.75) is 6.92 Å². The summed E-state index contributed by atoms with van der Waals surface area (Å²) in [5.74, 6) is 0. The molecule has 21 heavy (non-hydrogen) atoms. The van der Waals surface area contributed by atoms with E-state index in [-0.39, 0.29) is 0 Å². The first-order chi connectivity index (χ1) is 9.88. The number of allylic oxidation sites excluding steroid dienone is 4. The van der Waals surface area contributed by atoms with E-state index in [9.17, 15) is 0 Å². The number of hydrogen-bond donors (Lipinski definition) is 0. The predicted molar refractivity (Wildman–Crippen MR) is 92.7 cm³/mol. The summed E-state index contributed by atoms with van der Waals surface area (Å²) in [6.45, 7) is 6.19. The summed E-state index contributed by atoms with van der Waals surface area (Å²) in [5.41, 5.74) is 6.34. The Morgan fingerprint density at radius 2 is 1.71 bits per heavy atom. The average molecular weight is 281 g/mol. The van der Waals surface area contributed by atoms with Crippen LogP contribution in [-0.2, 0) is 0 Å². The van der Waals surface area contributed by atoms with Gasteiger partial charge in [-0.3, -0.25) is 0 Å². The SMILES string of the molecule is C=C1C=C(N(C)C)C=C/C1=N/c1ccc(N(C)C)cc1C. The summed E-state index contributed by atoms with van der Waals surface area (Å²) in [6.07, 6.45) is 6.15. The summed E-state index contributed by atoms with van der Waals surface area (Å²) >= 11 is 0. The quantitative estimate of drug-likeness (QED) is 0.841. The topological polar surface area (TPSA) is 18.8 Å². The van der Waals surface area contributed by atoms with Gasteiger partial charge in [0.15, 0.2) is 0 Å². The van der Waals surface area contributed by atoms with Gasteiger partial charge in [0.2, 0.25) is 0 Å². The molecule has 0 unspecified atom stereocenters. The first-order valence-electron chi connectivity index (χ1n) is 7.01. The van der Waals surface area contributed by atoms with E-state index in [1.807, 2.05) is 34.3 Å². The van der Waals surface area contributed by atoms with E-state index in [0.29, 0.717) is 0 Å². The molecule has 0 saturated carbocycles. The van der Waals surface area contributed by atoms with Crippen LogP contribution >= 0.6 is 0 Å². The molecule has 1 aliphatic rings. The molecule has 0 fully saturated rings. The molecule has 0 N–H and O–H groups in total. The number of likely N-dealkylation sites (N-methyl/N-ethyl adjacent to an activating group) is 1. The lowest BCUT2D eigenvalue weighted by Crippen LogP contribution is -2.13. The fraction of sp³-hybridized carbons (Fsp3) is 0.278. The third-order valence-electron chi connectivity index (χ3n) is 3.52. The van der Waals surface area contributed by atoms with Crippen LogP contribution in [0.5, 0.6) is 0 Å². The van der Waals surface area contributed by atoms with Crippen molar-refractivity contribution in [3.8, 4) is 0 Å². The van der Waals surface area contributed by atoms with E-state index < -0.39 is 0 Å². The van der Waals surface area contributed by atoms with Gasteiger partial charge in [0.05, 0.1) is 11.4 Å². The van der Waals surface area contributed by atoms with E-state index >= 15 is 0 Å². The van der Waals surface area contributed by atoms with Gasteiger partial charge in [0.25, 0.3) is 0 Å². The van der Waals surface area contributed by atoms with Crippen LogP contribution in [0.2, 0.25) is 0 Å². The minimum absolute atomic E-state index is 0.918. The van der Waals surface area contributed by atoms with Crippen LogP contribution in [0, 0.1) is 6.92 Å². The summed E-state index contributed by atoms with van der Waals surface area (Å²) in [6, 6.07) is 6.29. The van der Waals surface area contributed by atoms with Crippen LogP contribution in [-0.4, -0.2) is 38.8 Å². The van der Waals surface area contributed by atoms with E-state index in [2.05, 4.69) is 53.7 Å². The molecule has 1 aliphatic carbocycles. The highest BCUT2D eigenvalue weighted by Crippen LogP contribution is 2.26. The van der Waals surface area contributed by atoms with Gasteiger partial charge in [0.1, 0.15) is 0 Å². The Kier molecular flexibility index (Phi) is 4.32. The molecule has 0 spiro atoms. The molecule has 3 heteroatoms. The Morgan fingerprint density at radius 1 is 1.00 bits per heavy atom. The maximum absolute atomic E-state index is 4.74. The normalized spacial score (nSPS) is 16.1. The highest BCUT2D eigenvalue weighted by atomic mass is 15.1. The first kappa shape index (κ1) is 15.1.